The number of aliphatic hydroxyl groups is 1. The Kier molecular flexibility index (Phi) is 6.45. The molecule has 2 rings (SSSR count). The van der Waals surface area contributed by atoms with Crippen molar-refractivity contribution in [1.29, 1.82) is 0 Å². The molecular formula is C18H19FN2O3. The standard InChI is InChI=1S/C18H19FN2O3/c19-14-8-10-15(11-9-14)20-17(23)18(24)21-16(7-4-12-22)13-5-2-1-3-6-13/h1-3,5-6,8-11,16,22H,4,7,12H2,(H,20,23)(H,21,24). The fourth-order valence-electron chi connectivity index (χ4n) is 2.25. The molecule has 0 spiro atoms. The van der Waals surface area contributed by atoms with Crippen molar-refractivity contribution in [2.45, 2.75) is 18.9 Å². The number of nitrogens with one attached hydrogen (secondary N) is 2. The Bertz CT molecular complexity index is 674. The van der Waals surface area contributed by atoms with Crippen molar-refractivity contribution in [3.05, 3.63) is 66.0 Å². The molecule has 3 N–H and O–H groups in total. The van der Waals surface area contributed by atoms with Crippen LogP contribution >= 0.6 is 0 Å². The number of hydrogen-bond donors (Lipinski definition) is 3. The van der Waals surface area contributed by atoms with Gasteiger partial charge in [-0.3, -0.25) is 9.59 Å². The van der Waals surface area contributed by atoms with E-state index in [2.05, 4.69) is 10.6 Å². The minimum absolute atomic E-state index is 0.000972. The molecule has 1 atom stereocenters. The zero-order chi connectivity index (χ0) is 17.4. The summed E-state index contributed by atoms with van der Waals surface area (Å²) in [5, 5.41) is 14.1. The molecule has 6 heteroatoms. The quantitative estimate of drug-likeness (QED) is 0.712. The number of rotatable bonds is 6. The Morgan fingerprint density at radius 3 is 2.29 bits per heavy atom. The maximum atomic E-state index is 12.8. The first-order chi connectivity index (χ1) is 11.6. The molecule has 24 heavy (non-hydrogen) atoms. The van der Waals surface area contributed by atoms with E-state index >= 15 is 0 Å². The van der Waals surface area contributed by atoms with Crippen LogP contribution in [0.1, 0.15) is 24.4 Å². The van der Waals surface area contributed by atoms with Crippen LogP contribution < -0.4 is 10.6 Å². The molecule has 0 aliphatic rings. The van der Waals surface area contributed by atoms with Gasteiger partial charge < -0.3 is 15.7 Å². The summed E-state index contributed by atoms with van der Waals surface area (Å²) in [4.78, 5) is 24.1. The number of amides is 2. The molecule has 0 aliphatic heterocycles. The van der Waals surface area contributed by atoms with Gasteiger partial charge in [0.1, 0.15) is 5.82 Å². The largest absolute Gasteiger partial charge is 0.396 e. The van der Waals surface area contributed by atoms with Gasteiger partial charge in [0.05, 0.1) is 6.04 Å². The normalized spacial score (nSPS) is 11.6. The van der Waals surface area contributed by atoms with Gasteiger partial charge in [-0.1, -0.05) is 30.3 Å². The van der Waals surface area contributed by atoms with Crippen molar-refractivity contribution in [3.8, 4) is 0 Å². The molecule has 5 nitrogen and oxygen atoms in total. The average Bonchev–Trinajstić information content (AvgIpc) is 2.61. The Labute approximate surface area is 139 Å². The molecule has 0 fully saturated rings. The van der Waals surface area contributed by atoms with Crippen LogP contribution in [0.3, 0.4) is 0 Å². The molecule has 1 unspecified atom stereocenters. The lowest BCUT2D eigenvalue weighted by Gasteiger charge is -2.18. The van der Waals surface area contributed by atoms with E-state index in [-0.39, 0.29) is 12.6 Å². The highest BCUT2D eigenvalue weighted by Crippen LogP contribution is 2.18. The van der Waals surface area contributed by atoms with Crippen LogP contribution in [0.5, 0.6) is 0 Å². The van der Waals surface area contributed by atoms with Crippen LogP contribution in [0.4, 0.5) is 10.1 Å². The van der Waals surface area contributed by atoms with Gasteiger partial charge in [0.15, 0.2) is 0 Å². The monoisotopic (exact) mass is 330 g/mol. The third-order valence-electron chi connectivity index (χ3n) is 3.47. The second-order valence-corrected chi connectivity index (χ2v) is 5.26. The summed E-state index contributed by atoms with van der Waals surface area (Å²) in [5.74, 6) is -2.04. The van der Waals surface area contributed by atoms with Gasteiger partial charge in [-0.2, -0.15) is 0 Å². The van der Waals surface area contributed by atoms with Gasteiger partial charge in [-0.15, -0.1) is 0 Å². The third-order valence-corrected chi connectivity index (χ3v) is 3.47. The molecule has 2 amide bonds. The zero-order valence-corrected chi connectivity index (χ0v) is 13.0. The van der Waals surface area contributed by atoms with Crippen molar-refractivity contribution in [2.24, 2.45) is 0 Å². The fourth-order valence-corrected chi connectivity index (χ4v) is 2.25. The average molecular weight is 330 g/mol. The van der Waals surface area contributed by atoms with E-state index in [4.69, 9.17) is 5.11 Å². The van der Waals surface area contributed by atoms with Gasteiger partial charge in [0, 0.05) is 12.3 Å². The minimum atomic E-state index is -0.827. The number of hydrogen-bond acceptors (Lipinski definition) is 3. The molecular weight excluding hydrogens is 311 g/mol. The van der Waals surface area contributed by atoms with Crippen LogP contribution in [0, 0.1) is 5.82 Å². The second-order valence-electron chi connectivity index (χ2n) is 5.26. The van der Waals surface area contributed by atoms with E-state index in [9.17, 15) is 14.0 Å². The van der Waals surface area contributed by atoms with Crippen molar-refractivity contribution in [1.82, 2.24) is 5.32 Å². The van der Waals surface area contributed by atoms with Crippen LogP contribution in [0.15, 0.2) is 54.6 Å². The number of anilines is 1. The number of carbonyl (C=O) groups excluding carboxylic acids is 2. The van der Waals surface area contributed by atoms with Crippen LogP contribution in [-0.2, 0) is 9.59 Å². The lowest BCUT2D eigenvalue weighted by atomic mass is 10.0. The lowest BCUT2D eigenvalue weighted by Crippen LogP contribution is -2.38. The van der Waals surface area contributed by atoms with E-state index < -0.39 is 17.6 Å². The molecule has 0 saturated carbocycles. The SMILES string of the molecule is O=C(Nc1ccc(F)cc1)C(=O)NC(CCCO)c1ccccc1. The third kappa shape index (κ3) is 5.17. The summed E-state index contributed by atoms with van der Waals surface area (Å²) in [6, 6.07) is 14.0. The van der Waals surface area contributed by atoms with E-state index in [0.29, 0.717) is 18.5 Å². The number of benzene rings is 2. The van der Waals surface area contributed by atoms with Crippen molar-refractivity contribution in [2.75, 3.05) is 11.9 Å². The van der Waals surface area contributed by atoms with Gasteiger partial charge in [-0.05, 0) is 42.7 Å². The molecule has 126 valence electrons. The maximum absolute atomic E-state index is 12.8. The number of halogens is 1. The predicted octanol–water partition coefficient (Wildman–Crippen LogP) is 2.39. The Morgan fingerprint density at radius 1 is 1.00 bits per heavy atom. The number of carbonyl (C=O) groups is 2. The van der Waals surface area contributed by atoms with Crippen LogP contribution in [0.2, 0.25) is 0 Å². The second kappa shape index (κ2) is 8.79. The molecule has 2 aromatic rings. The smallest absolute Gasteiger partial charge is 0.313 e. The summed E-state index contributed by atoms with van der Waals surface area (Å²) in [7, 11) is 0. The van der Waals surface area contributed by atoms with Crippen LogP contribution in [-0.4, -0.2) is 23.5 Å². The molecule has 2 aromatic carbocycles. The van der Waals surface area contributed by atoms with Crippen molar-refractivity contribution < 1.29 is 19.1 Å². The molecule has 0 heterocycles. The molecule has 0 aliphatic carbocycles. The Hall–Kier alpha value is -2.73. The number of aliphatic hydroxyl groups excluding tert-OH is 1. The van der Waals surface area contributed by atoms with Gasteiger partial charge in [0.2, 0.25) is 0 Å². The van der Waals surface area contributed by atoms with Crippen molar-refractivity contribution >= 4 is 17.5 Å². The van der Waals surface area contributed by atoms with Gasteiger partial charge in [0.25, 0.3) is 0 Å². The highest BCUT2D eigenvalue weighted by atomic mass is 19.1. The van der Waals surface area contributed by atoms with E-state index in [1.807, 2.05) is 30.3 Å². The minimum Gasteiger partial charge on any atom is -0.396 e. The van der Waals surface area contributed by atoms with E-state index in [1.165, 1.54) is 24.3 Å². The zero-order valence-electron chi connectivity index (χ0n) is 13.0. The lowest BCUT2D eigenvalue weighted by molar-refractivity contribution is -0.136. The fraction of sp³-hybridized carbons (Fsp3) is 0.222. The van der Waals surface area contributed by atoms with E-state index in [1.54, 1.807) is 0 Å². The molecule has 0 aromatic heterocycles. The van der Waals surface area contributed by atoms with Crippen molar-refractivity contribution in [3.63, 3.8) is 0 Å². The Balaban J connectivity index is 2.00. The summed E-state index contributed by atoms with van der Waals surface area (Å²) < 4.78 is 12.8. The van der Waals surface area contributed by atoms with Crippen LogP contribution in [0.25, 0.3) is 0 Å². The first-order valence-electron chi connectivity index (χ1n) is 7.63. The summed E-state index contributed by atoms with van der Waals surface area (Å²) in [6.07, 6.45) is 1.01. The first-order valence-corrected chi connectivity index (χ1v) is 7.63. The highest BCUT2D eigenvalue weighted by molar-refractivity contribution is 6.39. The van der Waals surface area contributed by atoms with Gasteiger partial charge in [-0.25, -0.2) is 4.39 Å². The summed E-state index contributed by atoms with van der Waals surface area (Å²) in [5.41, 5.74) is 1.19. The molecule has 0 saturated heterocycles. The van der Waals surface area contributed by atoms with E-state index in [0.717, 1.165) is 5.56 Å². The summed E-state index contributed by atoms with van der Waals surface area (Å²) in [6.45, 7) is 0.000972. The molecule has 0 radical (unpaired) electrons. The van der Waals surface area contributed by atoms with Gasteiger partial charge >= 0.3 is 11.8 Å². The first kappa shape index (κ1) is 17.6. The summed E-state index contributed by atoms with van der Waals surface area (Å²) >= 11 is 0. The highest BCUT2D eigenvalue weighted by Gasteiger charge is 2.19. The maximum Gasteiger partial charge on any atom is 0.313 e. The topological polar surface area (TPSA) is 78.4 Å². The Morgan fingerprint density at radius 2 is 1.67 bits per heavy atom. The molecule has 0 bridgehead atoms. The predicted molar refractivity (Wildman–Crippen MR) is 88.7 cm³/mol.